The lowest BCUT2D eigenvalue weighted by Crippen LogP contribution is -2.43. The molecule has 4 nitrogen and oxygen atoms in total. The van der Waals surface area contributed by atoms with E-state index in [0.717, 1.165) is 19.5 Å². The first kappa shape index (κ1) is 13.3. The highest BCUT2D eigenvalue weighted by Crippen LogP contribution is 2.14. The van der Waals surface area contributed by atoms with Crippen molar-refractivity contribution in [2.45, 2.75) is 39.2 Å². The van der Waals surface area contributed by atoms with Crippen molar-refractivity contribution in [1.29, 1.82) is 0 Å². The van der Waals surface area contributed by atoms with Gasteiger partial charge in [-0.25, -0.2) is 4.79 Å². The molecule has 0 spiro atoms. The van der Waals surface area contributed by atoms with Crippen molar-refractivity contribution in [3.8, 4) is 0 Å². The molecular weight excluding hydrogens is 204 g/mol. The highest BCUT2D eigenvalue weighted by atomic mass is 16.6. The highest BCUT2D eigenvalue weighted by Gasteiger charge is 2.24. The fourth-order valence-electron chi connectivity index (χ4n) is 1.63. The quantitative estimate of drug-likeness (QED) is 0.784. The Morgan fingerprint density at radius 3 is 2.69 bits per heavy atom. The molecule has 0 radical (unpaired) electrons. The van der Waals surface area contributed by atoms with Gasteiger partial charge in [-0.3, -0.25) is 0 Å². The first-order chi connectivity index (χ1) is 7.41. The van der Waals surface area contributed by atoms with Crippen LogP contribution in [-0.2, 0) is 4.74 Å². The Bertz CT molecular complexity index is 230. The van der Waals surface area contributed by atoms with Gasteiger partial charge < -0.3 is 15.0 Å². The zero-order valence-corrected chi connectivity index (χ0v) is 10.9. The molecule has 1 rings (SSSR count). The van der Waals surface area contributed by atoms with E-state index in [-0.39, 0.29) is 11.6 Å². The fourth-order valence-corrected chi connectivity index (χ4v) is 1.63. The van der Waals surface area contributed by atoms with Gasteiger partial charge in [0.05, 0.1) is 6.61 Å². The summed E-state index contributed by atoms with van der Waals surface area (Å²) in [5.41, 5.74) is -0.179. The number of hydrogen-bond donors (Lipinski definition) is 1. The van der Waals surface area contributed by atoms with E-state index in [4.69, 9.17) is 4.74 Å². The van der Waals surface area contributed by atoms with Crippen LogP contribution in [0.5, 0.6) is 0 Å². The molecule has 0 bridgehead atoms. The molecule has 1 atom stereocenters. The molecule has 1 heterocycles. The normalized spacial score (nSPS) is 21.6. The van der Waals surface area contributed by atoms with Crippen LogP contribution in [-0.4, -0.2) is 43.3 Å². The Morgan fingerprint density at radius 1 is 1.50 bits per heavy atom. The predicted octanol–water partition coefficient (Wildman–Crippen LogP) is 1.85. The van der Waals surface area contributed by atoms with Crippen LogP contribution in [0.4, 0.5) is 4.79 Å². The topological polar surface area (TPSA) is 41.6 Å². The summed E-state index contributed by atoms with van der Waals surface area (Å²) in [5.74, 6) is 0.478. The maximum atomic E-state index is 11.7. The van der Waals surface area contributed by atoms with Crippen LogP contribution < -0.4 is 5.32 Å². The third-order valence-corrected chi connectivity index (χ3v) is 3.12. The molecule has 0 aromatic rings. The van der Waals surface area contributed by atoms with Gasteiger partial charge >= 0.3 is 6.09 Å². The monoisotopic (exact) mass is 228 g/mol. The van der Waals surface area contributed by atoms with Crippen LogP contribution in [0.2, 0.25) is 0 Å². The third-order valence-electron chi connectivity index (χ3n) is 3.12. The number of nitrogens with zero attached hydrogens (tertiary/aromatic N) is 1. The molecule has 0 aliphatic carbocycles. The van der Waals surface area contributed by atoms with Crippen LogP contribution in [0.25, 0.3) is 0 Å². The lowest BCUT2D eigenvalue weighted by molar-refractivity contribution is 0.0656. The van der Waals surface area contributed by atoms with Crippen molar-refractivity contribution in [2.75, 3.05) is 26.7 Å². The lowest BCUT2D eigenvalue weighted by Gasteiger charge is -2.32. The Hall–Kier alpha value is -0.770. The van der Waals surface area contributed by atoms with Gasteiger partial charge in [0.2, 0.25) is 0 Å². The largest absolute Gasteiger partial charge is 0.449 e. The molecule has 1 fully saturated rings. The van der Waals surface area contributed by atoms with Crippen LogP contribution in [0, 0.1) is 5.92 Å². The number of amides is 1. The average molecular weight is 228 g/mol. The number of piperidine rings is 1. The summed E-state index contributed by atoms with van der Waals surface area (Å²) in [4.78, 5) is 13.4. The standard InChI is InChI=1S/C12H24N2O2/c1-12(2,3)14(4)11(15)16-9-10-6-5-7-13-8-10/h10,13H,5-9H2,1-4H3/t10-/m0/s1. The van der Waals surface area contributed by atoms with E-state index in [1.165, 1.54) is 6.42 Å². The van der Waals surface area contributed by atoms with Crippen LogP contribution >= 0.6 is 0 Å². The van der Waals surface area contributed by atoms with Crippen molar-refractivity contribution in [1.82, 2.24) is 10.2 Å². The smallest absolute Gasteiger partial charge is 0.409 e. The summed E-state index contributed by atoms with van der Waals surface area (Å²) in [6, 6.07) is 0. The maximum absolute atomic E-state index is 11.7. The predicted molar refractivity (Wildman–Crippen MR) is 64.5 cm³/mol. The average Bonchev–Trinajstić information content (AvgIpc) is 2.25. The van der Waals surface area contributed by atoms with Gasteiger partial charge in [-0.15, -0.1) is 0 Å². The third kappa shape index (κ3) is 4.00. The van der Waals surface area contributed by atoms with E-state index in [0.29, 0.717) is 12.5 Å². The molecule has 94 valence electrons. The number of carbonyl (C=O) groups excluding carboxylic acids is 1. The second kappa shape index (κ2) is 5.53. The van der Waals surface area contributed by atoms with Crippen LogP contribution in [0.15, 0.2) is 0 Å². The summed E-state index contributed by atoms with van der Waals surface area (Å²) >= 11 is 0. The number of ether oxygens (including phenoxy) is 1. The number of hydrogen-bond acceptors (Lipinski definition) is 3. The minimum atomic E-state index is -0.224. The molecular formula is C12H24N2O2. The van der Waals surface area contributed by atoms with Gasteiger partial charge in [0.15, 0.2) is 0 Å². The number of rotatable bonds is 2. The SMILES string of the molecule is CN(C(=O)OC[C@H]1CCCNC1)C(C)(C)C. The van der Waals surface area contributed by atoms with Crippen LogP contribution in [0.3, 0.4) is 0 Å². The summed E-state index contributed by atoms with van der Waals surface area (Å²) in [6.45, 7) is 8.58. The molecule has 1 aliphatic rings. The Balaban J connectivity index is 2.29. The molecule has 1 saturated heterocycles. The molecule has 1 N–H and O–H groups in total. The minimum Gasteiger partial charge on any atom is -0.449 e. The molecule has 16 heavy (non-hydrogen) atoms. The lowest BCUT2D eigenvalue weighted by atomic mass is 10.0. The molecule has 4 heteroatoms. The second-order valence-electron chi connectivity index (χ2n) is 5.52. The summed E-state index contributed by atoms with van der Waals surface area (Å²) in [6.07, 6.45) is 2.11. The summed E-state index contributed by atoms with van der Waals surface area (Å²) < 4.78 is 5.32. The van der Waals surface area contributed by atoms with Crippen molar-refractivity contribution >= 4 is 6.09 Å². The van der Waals surface area contributed by atoms with E-state index < -0.39 is 0 Å². The first-order valence-corrected chi connectivity index (χ1v) is 6.02. The van der Waals surface area contributed by atoms with Gasteiger partial charge in [-0.05, 0) is 40.2 Å². The zero-order valence-electron chi connectivity index (χ0n) is 10.9. The van der Waals surface area contributed by atoms with Gasteiger partial charge in [-0.1, -0.05) is 0 Å². The Kier molecular flexibility index (Phi) is 4.59. The second-order valence-corrected chi connectivity index (χ2v) is 5.52. The van der Waals surface area contributed by atoms with Gasteiger partial charge in [0.1, 0.15) is 0 Å². The number of nitrogens with one attached hydrogen (secondary N) is 1. The number of carbonyl (C=O) groups is 1. The van der Waals surface area contributed by atoms with Crippen molar-refractivity contribution < 1.29 is 9.53 Å². The fraction of sp³-hybridized carbons (Fsp3) is 0.917. The minimum absolute atomic E-state index is 0.179. The highest BCUT2D eigenvalue weighted by molar-refractivity contribution is 5.68. The van der Waals surface area contributed by atoms with E-state index in [9.17, 15) is 4.79 Å². The molecule has 0 aromatic carbocycles. The van der Waals surface area contributed by atoms with Gasteiger partial charge in [0, 0.05) is 25.0 Å². The van der Waals surface area contributed by atoms with E-state index in [1.54, 1.807) is 11.9 Å². The molecule has 0 unspecified atom stereocenters. The van der Waals surface area contributed by atoms with Crippen molar-refractivity contribution in [2.24, 2.45) is 5.92 Å². The zero-order chi connectivity index (χ0) is 12.2. The summed E-state index contributed by atoms with van der Waals surface area (Å²) in [5, 5.41) is 3.31. The van der Waals surface area contributed by atoms with Crippen molar-refractivity contribution in [3.63, 3.8) is 0 Å². The van der Waals surface area contributed by atoms with E-state index in [2.05, 4.69) is 5.32 Å². The Labute approximate surface area is 98.3 Å². The van der Waals surface area contributed by atoms with Crippen LogP contribution in [0.1, 0.15) is 33.6 Å². The van der Waals surface area contributed by atoms with E-state index >= 15 is 0 Å². The molecule has 1 amide bonds. The Morgan fingerprint density at radius 2 is 2.19 bits per heavy atom. The first-order valence-electron chi connectivity index (χ1n) is 6.02. The molecule has 1 aliphatic heterocycles. The van der Waals surface area contributed by atoms with Crippen molar-refractivity contribution in [3.05, 3.63) is 0 Å². The van der Waals surface area contributed by atoms with E-state index in [1.807, 2.05) is 20.8 Å². The van der Waals surface area contributed by atoms with Gasteiger partial charge in [-0.2, -0.15) is 0 Å². The van der Waals surface area contributed by atoms with Gasteiger partial charge in [0.25, 0.3) is 0 Å². The molecule has 0 saturated carbocycles. The maximum Gasteiger partial charge on any atom is 0.409 e. The summed E-state index contributed by atoms with van der Waals surface area (Å²) in [7, 11) is 1.78. The molecule has 0 aromatic heterocycles.